The highest BCUT2D eigenvalue weighted by atomic mass is 32.1. The summed E-state index contributed by atoms with van der Waals surface area (Å²) in [6.45, 7) is 5.36. The monoisotopic (exact) mass is 280 g/mol. The Morgan fingerprint density at radius 3 is 2.94 bits per heavy atom. The molecule has 0 saturated carbocycles. The van der Waals surface area contributed by atoms with Crippen molar-refractivity contribution in [1.29, 1.82) is 0 Å². The van der Waals surface area contributed by atoms with Gasteiger partial charge in [-0.05, 0) is 44.2 Å². The first-order valence-corrected chi connectivity index (χ1v) is 8.17. The minimum Gasteiger partial charge on any atom is -0.309 e. The largest absolute Gasteiger partial charge is 0.309 e. The zero-order chi connectivity index (χ0) is 12.8. The minimum absolute atomic E-state index is 0.457. The first-order valence-electron chi connectivity index (χ1n) is 6.47. The molecule has 0 amide bonds. The molecule has 18 heavy (non-hydrogen) atoms. The maximum atomic E-state index is 4.37. The van der Waals surface area contributed by atoms with Gasteiger partial charge in [0.25, 0.3) is 0 Å². The maximum absolute atomic E-state index is 4.37. The van der Waals surface area contributed by atoms with Crippen LogP contribution in [0.15, 0.2) is 23.7 Å². The van der Waals surface area contributed by atoms with Crippen LogP contribution in [0.25, 0.3) is 0 Å². The fraction of sp³-hybridized carbons (Fsp3) is 0.500. The number of aryl methyl sites for hydroxylation is 2. The van der Waals surface area contributed by atoms with Gasteiger partial charge >= 0.3 is 0 Å². The van der Waals surface area contributed by atoms with Gasteiger partial charge in [0.2, 0.25) is 0 Å². The van der Waals surface area contributed by atoms with Crippen LogP contribution in [0.1, 0.15) is 40.6 Å². The molecule has 1 N–H and O–H groups in total. The van der Waals surface area contributed by atoms with Gasteiger partial charge in [-0.15, -0.1) is 22.7 Å². The number of thiazole rings is 1. The zero-order valence-electron chi connectivity index (χ0n) is 11.0. The molecule has 2 aromatic rings. The SMILES string of the molecule is CCCNC(CCc1cccs1)c1cnc(C)s1. The Hall–Kier alpha value is -0.710. The molecule has 1 atom stereocenters. The number of nitrogens with zero attached hydrogens (tertiary/aromatic N) is 1. The maximum Gasteiger partial charge on any atom is 0.0897 e. The molecule has 4 heteroatoms. The zero-order valence-corrected chi connectivity index (χ0v) is 12.6. The highest BCUT2D eigenvalue weighted by molar-refractivity contribution is 7.11. The molecule has 2 nitrogen and oxygen atoms in total. The number of hydrogen-bond acceptors (Lipinski definition) is 4. The number of aromatic nitrogens is 1. The molecule has 0 fully saturated rings. The van der Waals surface area contributed by atoms with Crippen molar-refractivity contribution in [3.05, 3.63) is 38.5 Å². The molecule has 98 valence electrons. The molecule has 0 aliphatic heterocycles. The van der Waals surface area contributed by atoms with Crippen LogP contribution in [-0.4, -0.2) is 11.5 Å². The van der Waals surface area contributed by atoms with Crippen molar-refractivity contribution in [3.63, 3.8) is 0 Å². The van der Waals surface area contributed by atoms with Crippen molar-refractivity contribution in [2.45, 2.75) is 39.2 Å². The highest BCUT2D eigenvalue weighted by Crippen LogP contribution is 2.25. The fourth-order valence-electron chi connectivity index (χ4n) is 1.94. The molecular weight excluding hydrogens is 260 g/mol. The van der Waals surface area contributed by atoms with E-state index in [9.17, 15) is 0 Å². The molecule has 0 aliphatic rings. The number of nitrogens with one attached hydrogen (secondary N) is 1. The third kappa shape index (κ3) is 3.90. The number of hydrogen-bond donors (Lipinski definition) is 1. The average Bonchev–Trinajstić information content (AvgIpc) is 3.01. The molecular formula is C14H20N2S2. The number of thiophene rings is 1. The van der Waals surface area contributed by atoms with Gasteiger partial charge in [0.1, 0.15) is 0 Å². The van der Waals surface area contributed by atoms with Crippen LogP contribution in [-0.2, 0) is 6.42 Å². The summed E-state index contributed by atoms with van der Waals surface area (Å²) in [4.78, 5) is 7.22. The summed E-state index contributed by atoms with van der Waals surface area (Å²) in [7, 11) is 0. The normalized spacial score (nSPS) is 12.8. The lowest BCUT2D eigenvalue weighted by Gasteiger charge is -2.16. The van der Waals surface area contributed by atoms with Crippen LogP contribution in [0.5, 0.6) is 0 Å². The van der Waals surface area contributed by atoms with E-state index in [2.05, 4.69) is 41.7 Å². The van der Waals surface area contributed by atoms with Gasteiger partial charge in [0.15, 0.2) is 0 Å². The van der Waals surface area contributed by atoms with E-state index in [1.54, 1.807) is 0 Å². The van der Waals surface area contributed by atoms with Crippen LogP contribution in [0, 0.1) is 6.92 Å². The Balaban J connectivity index is 1.96. The topological polar surface area (TPSA) is 24.9 Å². The Kier molecular flexibility index (Phi) is 5.35. The van der Waals surface area contributed by atoms with Crippen molar-refractivity contribution in [3.8, 4) is 0 Å². The lowest BCUT2D eigenvalue weighted by molar-refractivity contribution is 0.507. The summed E-state index contributed by atoms with van der Waals surface area (Å²) in [6.07, 6.45) is 5.51. The van der Waals surface area contributed by atoms with Gasteiger partial charge in [-0.1, -0.05) is 13.0 Å². The van der Waals surface area contributed by atoms with Crippen LogP contribution in [0.2, 0.25) is 0 Å². The van der Waals surface area contributed by atoms with Crippen molar-refractivity contribution in [1.82, 2.24) is 10.3 Å². The Bertz CT molecular complexity index is 448. The first-order chi connectivity index (χ1) is 8.79. The van der Waals surface area contributed by atoms with Gasteiger partial charge in [-0.3, -0.25) is 0 Å². The Labute approximate surface area is 117 Å². The molecule has 0 aromatic carbocycles. The van der Waals surface area contributed by atoms with Gasteiger partial charge in [0.05, 0.1) is 5.01 Å². The smallest absolute Gasteiger partial charge is 0.0897 e. The molecule has 2 heterocycles. The van der Waals surface area contributed by atoms with E-state index >= 15 is 0 Å². The van der Waals surface area contributed by atoms with Crippen molar-refractivity contribution < 1.29 is 0 Å². The summed E-state index contributed by atoms with van der Waals surface area (Å²) in [5.74, 6) is 0. The molecule has 0 saturated heterocycles. The third-order valence-corrected chi connectivity index (χ3v) is 4.85. The molecule has 2 aromatic heterocycles. The summed E-state index contributed by atoms with van der Waals surface area (Å²) in [6, 6.07) is 4.81. The van der Waals surface area contributed by atoms with Crippen molar-refractivity contribution in [2.75, 3.05) is 6.54 Å². The van der Waals surface area contributed by atoms with Crippen molar-refractivity contribution in [2.24, 2.45) is 0 Å². The molecule has 0 aliphatic carbocycles. The van der Waals surface area contributed by atoms with E-state index in [0.717, 1.165) is 24.4 Å². The summed E-state index contributed by atoms with van der Waals surface area (Å²) < 4.78 is 0. The van der Waals surface area contributed by atoms with E-state index in [-0.39, 0.29) is 0 Å². The standard InChI is InChI=1S/C14H20N2S2/c1-3-8-15-13(14-10-16-11(2)18-14)7-6-12-5-4-9-17-12/h4-5,9-10,13,15H,3,6-8H2,1-2H3. The van der Waals surface area contributed by atoms with Crippen LogP contribution < -0.4 is 5.32 Å². The predicted octanol–water partition coefficient (Wildman–Crippen LogP) is 4.19. The quantitative estimate of drug-likeness (QED) is 0.822. The van der Waals surface area contributed by atoms with E-state index in [4.69, 9.17) is 0 Å². The van der Waals surface area contributed by atoms with Crippen LogP contribution >= 0.6 is 22.7 Å². The summed E-state index contributed by atoms with van der Waals surface area (Å²) in [5, 5.41) is 6.95. The lowest BCUT2D eigenvalue weighted by Crippen LogP contribution is -2.21. The van der Waals surface area contributed by atoms with Gasteiger partial charge in [0, 0.05) is 22.0 Å². The van der Waals surface area contributed by atoms with Crippen LogP contribution in [0.3, 0.4) is 0 Å². The van der Waals surface area contributed by atoms with Crippen LogP contribution in [0.4, 0.5) is 0 Å². The second-order valence-electron chi connectivity index (χ2n) is 4.41. The predicted molar refractivity (Wildman–Crippen MR) is 80.5 cm³/mol. The van der Waals surface area contributed by atoms with Gasteiger partial charge in [-0.2, -0.15) is 0 Å². The molecule has 1 unspecified atom stereocenters. The van der Waals surface area contributed by atoms with E-state index in [1.807, 2.05) is 28.9 Å². The molecule has 0 bridgehead atoms. The van der Waals surface area contributed by atoms with E-state index in [1.165, 1.54) is 16.2 Å². The fourth-order valence-corrected chi connectivity index (χ4v) is 3.56. The first kappa shape index (κ1) is 13.7. The van der Waals surface area contributed by atoms with Crippen molar-refractivity contribution >= 4 is 22.7 Å². The molecule has 2 rings (SSSR count). The van der Waals surface area contributed by atoms with E-state index < -0.39 is 0 Å². The third-order valence-electron chi connectivity index (χ3n) is 2.88. The second-order valence-corrected chi connectivity index (χ2v) is 6.70. The Morgan fingerprint density at radius 1 is 1.44 bits per heavy atom. The van der Waals surface area contributed by atoms with E-state index in [0.29, 0.717) is 6.04 Å². The average molecular weight is 280 g/mol. The second kappa shape index (κ2) is 7.02. The summed E-state index contributed by atoms with van der Waals surface area (Å²) in [5.41, 5.74) is 0. The van der Waals surface area contributed by atoms with Gasteiger partial charge in [-0.25, -0.2) is 4.98 Å². The Morgan fingerprint density at radius 2 is 2.33 bits per heavy atom. The minimum atomic E-state index is 0.457. The summed E-state index contributed by atoms with van der Waals surface area (Å²) >= 11 is 3.66. The molecule has 0 radical (unpaired) electrons. The molecule has 0 spiro atoms. The number of rotatable bonds is 7. The van der Waals surface area contributed by atoms with Gasteiger partial charge < -0.3 is 5.32 Å². The lowest BCUT2D eigenvalue weighted by atomic mass is 10.1. The highest BCUT2D eigenvalue weighted by Gasteiger charge is 2.13.